The van der Waals surface area contributed by atoms with Crippen molar-refractivity contribution < 1.29 is 4.79 Å². The molecule has 1 nitrogen and oxygen atoms in total. The molecule has 0 bridgehead atoms. The van der Waals surface area contributed by atoms with Gasteiger partial charge in [-0.1, -0.05) is 74.5 Å². The molecule has 0 atom stereocenters. The minimum Gasteiger partial charge on any atom is -0.298 e. The third-order valence-corrected chi connectivity index (χ3v) is 4.96. The molecule has 1 heteroatoms. The van der Waals surface area contributed by atoms with Crippen molar-refractivity contribution in [3.63, 3.8) is 0 Å². The molecule has 3 aromatic rings. The first kappa shape index (κ1) is 14.0. The maximum Gasteiger partial charge on any atom is 0.150 e. The second-order valence-corrected chi connectivity index (χ2v) is 6.67. The van der Waals surface area contributed by atoms with Crippen molar-refractivity contribution in [2.75, 3.05) is 0 Å². The van der Waals surface area contributed by atoms with E-state index in [1.54, 1.807) is 0 Å². The lowest BCUT2D eigenvalue weighted by Gasteiger charge is -2.22. The first-order valence-corrected chi connectivity index (χ1v) is 7.91. The molecule has 0 unspecified atom stereocenters. The van der Waals surface area contributed by atoms with Crippen molar-refractivity contribution in [3.05, 3.63) is 83.4 Å². The fourth-order valence-corrected chi connectivity index (χ4v) is 3.64. The molecule has 3 aromatic carbocycles. The number of aldehydes is 1. The Hall–Kier alpha value is -2.67. The Kier molecular flexibility index (Phi) is 2.99. The summed E-state index contributed by atoms with van der Waals surface area (Å²) in [5, 5.41) is 0. The average molecular weight is 298 g/mol. The highest BCUT2D eigenvalue weighted by Gasteiger charge is 2.35. The molecule has 23 heavy (non-hydrogen) atoms. The second kappa shape index (κ2) is 4.92. The number of hydrogen-bond acceptors (Lipinski definition) is 1. The van der Waals surface area contributed by atoms with E-state index in [9.17, 15) is 4.79 Å². The molecule has 112 valence electrons. The van der Waals surface area contributed by atoms with Crippen molar-refractivity contribution in [1.82, 2.24) is 0 Å². The van der Waals surface area contributed by atoms with Gasteiger partial charge >= 0.3 is 0 Å². The van der Waals surface area contributed by atoms with E-state index in [0.717, 1.165) is 11.8 Å². The van der Waals surface area contributed by atoms with Gasteiger partial charge in [0.1, 0.15) is 6.29 Å². The van der Waals surface area contributed by atoms with Crippen LogP contribution in [0.4, 0.5) is 0 Å². The minimum absolute atomic E-state index is 0.0185. The first-order chi connectivity index (χ1) is 11.1. The Labute approximate surface area is 136 Å². The lowest BCUT2D eigenvalue weighted by molar-refractivity contribution is 0.112. The van der Waals surface area contributed by atoms with Crippen LogP contribution in [-0.4, -0.2) is 6.29 Å². The molecule has 0 heterocycles. The third-order valence-electron chi connectivity index (χ3n) is 4.96. The molecule has 4 rings (SSSR count). The highest BCUT2D eigenvalue weighted by molar-refractivity contribution is 5.84. The molecule has 1 aliphatic carbocycles. The summed E-state index contributed by atoms with van der Waals surface area (Å²) in [6.45, 7) is 4.58. The lowest BCUT2D eigenvalue weighted by atomic mass is 9.81. The third kappa shape index (κ3) is 2.04. The van der Waals surface area contributed by atoms with Crippen LogP contribution >= 0.6 is 0 Å². The maximum atomic E-state index is 10.8. The molecular weight excluding hydrogens is 280 g/mol. The van der Waals surface area contributed by atoms with E-state index in [1.807, 2.05) is 24.3 Å². The van der Waals surface area contributed by atoms with Crippen LogP contribution < -0.4 is 0 Å². The number of benzene rings is 3. The molecule has 1 aliphatic rings. The fraction of sp³-hybridized carbons (Fsp3) is 0.136. The summed E-state index contributed by atoms with van der Waals surface area (Å²) < 4.78 is 0. The van der Waals surface area contributed by atoms with Gasteiger partial charge in [0, 0.05) is 11.0 Å². The quantitative estimate of drug-likeness (QED) is 0.573. The molecule has 0 aliphatic heterocycles. The topological polar surface area (TPSA) is 17.1 Å². The normalized spacial score (nSPS) is 14.2. The highest BCUT2D eigenvalue weighted by atomic mass is 16.1. The summed E-state index contributed by atoms with van der Waals surface area (Å²) in [7, 11) is 0. The minimum atomic E-state index is 0.0185. The molecule has 0 aromatic heterocycles. The predicted molar refractivity (Wildman–Crippen MR) is 94.8 cm³/mol. The monoisotopic (exact) mass is 298 g/mol. The highest BCUT2D eigenvalue weighted by Crippen LogP contribution is 2.49. The van der Waals surface area contributed by atoms with Crippen molar-refractivity contribution in [1.29, 1.82) is 0 Å². The largest absolute Gasteiger partial charge is 0.298 e. The van der Waals surface area contributed by atoms with Gasteiger partial charge in [0.25, 0.3) is 0 Å². The van der Waals surface area contributed by atoms with E-state index in [-0.39, 0.29) is 5.41 Å². The van der Waals surface area contributed by atoms with Gasteiger partial charge in [0.05, 0.1) is 0 Å². The SMILES string of the molecule is CC1(C)c2ccccc2-c2ccc(-c3ccc(C=O)cc3)cc21. The molecule has 0 spiro atoms. The van der Waals surface area contributed by atoms with Crippen molar-refractivity contribution in [2.24, 2.45) is 0 Å². The summed E-state index contributed by atoms with van der Waals surface area (Å²) in [4.78, 5) is 10.8. The number of fused-ring (bicyclic) bond motifs is 3. The zero-order valence-corrected chi connectivity index (χ0v) is 13.3. The molecule has 0 amide bonds. The van der Waals surface area contributed by atoms with Gasteiger partial charge in [-0.3, -0.25) is 4.79 Å². The van der Waals surface area contributed by atoms with Crippen LogP contribution in [-0.2, 0) is 5.41 Å². The van der Waals surface area contributed by atoms with Crippen LogP contribution in [0.25, 0.3) is 22.3 Å². The number of carbonyl (C=O) groups excluding carboxylic acids is 1. The average Bonchev–Trinajstić information content (AvgIpc) is 2.83. The predicted octanol–water partition coefficient (Wildman–Crippen LogP) is 5.47. The van der Waals surface area contributed by atoms with Gasteiger partial charge in [-0.2, -0.15) is 0 Å². The van der Waals surface area contributed by atoms with E-state index in [4.69, 9.17) is 0 Å². The van der Waals surface area contributed by atoms with Gasteiger partial charge in [-0.25, -0.2) is 0 Å². The van der Waals surface area contributed by atoms with Crippen LogP contribution in [0.15, 0.2) is 66.7 Å². The van der Waals surface area contributed by atoms with Crippen LogP contribution in [0.5, 0.6) is 0 Å². The zero-order chi connectivity index (χ0) is 16.0. The van der Waals surface area contributed by atoms with Crippen molar-refractivity contribution >= 4 is 6.29 Å². The summed E-state index contributed by atoms with van der Waals surface area (Å²) in [5.74, 6) is 0. The summed E-state index contributed by atoms with van der Waals surface area (Å²) in [6.07, 6.45) is 0.881. The fourth-order valence-electron chi connectivity index (χ4n) is 3.64. The second-order valence-electron chi connectivity index (χ2n) is 6.67. The molecule has 0 radical (unpaired) electrons. The number of carbonyl (C=O) groups is 1. The van der Waals surface area contributed by atoms with E-state index < -0.39 is 0 Å². The van der Waals surface area contributed by atoms with Gasteiger partial charge in [-0.15, -0.1) is 0 Å². The van der Waals surface area contributed by atoms with Crippen molar-refractivity contribution in [3.8, 4) is 22.3 Å². The molecule has 0 saturated carbocycles. The smallest absolute Gasteiger partial charge is 0.150 e. The number of hydrogen-bond donors (Lipinski definition) is 0. The van der Waals surface area contributed by atoms with Gasteiger partial charge in [0.15, 0.2) is 0 Å². The Bertz CT molecular complexity index is 902. The molecular formula is C22H18O. The van der Waals surface area contributed by atoms with Gasteiger partial charge < -0.3 is 0 Å². The van der Waals surface area contributed by atoms with E-state index in [2.05, 4.69) is 56.3 Å². The van der Waals surface area contributed by atoms with Crippen LogP contribution in [0, 0.1) is 0 Å². The maximum absolute atomic E-state index is 10.8. The summed E-state index contributed by atoms with van der Waals surface area (Å²) in [5.41, 5.74) is 8.51. The molecule has 0 N–H and O–H groups in total. The summed E-state index contributed by atoms with van der Waals surface area (Å²) >= 11 is 0. The molecule has 0 fully saturated rings. The van der Waals surface area contributed by atoms with Gasteiger partial charge in [-0.05, 0) is 39.4 Å². The van der Waals surface area contributed by atoms with E-state index in [0.29, 0.717) is 5.56 Å². The van der Waals surface area contributed by atoms with Crippen molar-refractivity contribution in [2.45, 2.75) is 19.3 Å². The Morgan fingerprint density at radius 3 is 2.13 bits per heavy atom. The Morgan fingerprint density at radius 1 is 0.739 bits per heavy atom. The first-order valence-electron chi connectivity index (χ1n) is 7.91. The Balaban J connectivity index is 1.86. The van der Waals surface area contributed by atoms with Crippen LogP contribution in [0.1, 0.15) is 35.3 Å². The molecule has 0 saturated heterocycles. The number of rotatable bonds is 2. The Morgan fingerprint density at radius 2 is 1.39 bits per heavy atom. The van der Waals surface area contributed by atoms with Crippen LogP contribution in [0.2, 0.25) is 0 Å². The van der Waals surface area contributed by atoms with Crippen LogP contribution in [0.3, 0.4) is 0 Å². The zero-order valence-electron chi connectivity index (χ0n) is 13.3. The van der Waals surface area contributed by atoms with E-state index >= 15 is 0 Å². The van der Waals surface area contributed by atoms with E-state index in [1.165, 1.54) is 27.8 Å². The van der Waals surface area contributed by atoms with Gasteiger partial charge in [0.2, 0.25) is 0 Å². The summed E-state index contributed by atoms with van der Waals surface area (Å²) in [6, 6.07) is 23.1. The standard InChI is InChI=1S/C22H18O/c1-22(2)20-6-4-3-5-18(20)19-12-11-17(13-21(19)22)16-9-7-15(14-23)8-10-16/h3-14H,1-2H3. The lowest BCUT2D eigenvalue weighted by Crippen LogP contribution is -2.14.